The molecule has 1 aromatic heterocycles. The topological polar surface area (TPSA) is 58.4 Å². The smallest absolute Gasteiger partial charge is 0.256 e. The van der Waals surface area contributed by atoms with Crippen LogP contribution in [0.2, 0.25) is 0 Å². The van der Waals surface area contributed by atoms with Gasteiger partial charge in [0.05, 0.1) is 15.0 Å². The van der Waals surface area contributed by atoms with Gasteiger partial charge in [0, 0.05) is 13.6 Å². The summed E-state index contributed by atoms with van der Waals surface area (Å²) in [6, 6.07) is 6.23. The molecule has 0 fully saturated rings. The summed E-state index contributed by atoms with van der Waals surface area (Å²) in [4.78, 5) is 13.9. The number of hydrazine groups is 1. The van der Waals surface area contributed by atoms with Crippen LogP contribution in [0.25, 0.3) is 0 Å². The van der Waals surface area contributed by atoms with Crippen LogP contribution in [0.5, 0.6) is 0 Å². The lowest BCUT2D eigenvalue weighted by Gasteiger charge is -2.18. The molecule has 2 rings (SSSR count). The third-order valence-corrected chi connectivity index (χ3v) is 4.33. The van der Waals surface area contributed by atoms with Crippen LogP contribution in [-0.4, -0.2) is 17.9 Å². The zero-order valence-corrected chi connectivity index (χ0v) is 13.1. The van der Waals surface area contributed by atoms with Crippen molar-refractivity contribution in [1.29, 1.82) is 0 Å². The molecule has 0 atom stereocenters. The first-order valence-corrected chi connectivity index (χ1v) is 7.43. The number of hydrogen-bond donors (Lipinski definition) is 2. The summed E-state index contributed by atoms with van der Waals surface area (Å²) in [5, 5.41) is 1.96. The van der Waals surface area contributed by atoms with E-state index in [0.29, 0.717) is 6.54 Å². The van der Waals surface area contributed by atoms with E-state index in [2.05, 4.69) is 21.4 Å². The number of carbonyl (C=O) groups excluding carboxylic acids is 1. The average molecular weight is 358 g/mol. The number of nitrogens with zero attached hydrogens (tertiary/aromatic N) is 1. The van der Waals surface area contributed by atoms with Gasteiger partial charge in [-0.2, -0.15) is 0 Å². The number of nitrogens with one attached hydrogen (secondary N) is 1. The van der Waals surface area contributed by atoms with Crippen LogP contribution in [0.15, 0.2) is 33.4 Å². The van der Waals surface area contributed by atoms with E-state index in [4.69, 9.17) is 5.84 Å². The standard InChI is InChI=1S/C13H13BrFN3OS/c1-18(6-8-5-11(14)20-7-8)13(19)9-3-2-4-10(15)12(9)17-16/h2-5,7,17H,6,16H2,1H3. The van der Waals surface area contributed by atoms with Gasteiger partial charge in [0.2, 0.25) is 0 Å². The Kier molecular flexibility index (Phi) is 4.74. The van der Waals surface area contributed by atoms with Gasteiger partial charge in [-0.3, -0.25) is 10.6 Å². The fourth-order valence-electron chi connectivity index (χ4n) is 1.83. The molecule has 0 unspecified atom stereocenters. The lowest BCUT2D eigenvalue weighted by Crippen LogP contribution is -2.27. The highest BCUT2D eigenvalue weighted by atomic mass is 79.9. The molecule has 20 heavy (non-hydrogen) atoms. The van der Waals surface area contributed by atoms with Crippen molar-refractivity contribution in [3.8, 4) is 0 Å². The molecule has 1 aromatic carbocycles. The number of anilines is 1. The second-order valence-corrected chi connectivity index (χ2v) is 6.52. The number of nitrogens with two attached hydrogens (primary N) is 1. The van der Waals surface area contributed by atoms with Gasteiger partial charge in [0.25, 0.3) is 5.91 Å². The van der Waals surface area contributed by atoms with Crippen molar-refractivity contribution in [3.05, 3.63) is 50.4 Å². The fourth-order valence-corrected chi connectivity index (χ4v) is 3.03. The third kappa shape index (κ3) is 3.17. The Morgan fingerprint density at radius 1 is 1.55 bits per heavy atom. The summed E-state index contributed by atoms with van der Waals surface area (Å²) in [6.07, 6.45) is 0. The van der Waals surface area contributed by atoms with Gasteiger partial charge in [-0.05, 0) is 45.1 Å². The van der Waals surface area contributed by atoms with Gasteiger partial charge in [0.1, 0.15) is 5.82 Å². The minimum Gasteiger partial charge on any atom is -0.337 e. The molecule has 2 aromatic rings. The highest BCUT2D eigenvalue weighted by molar-refractivity contribution is 9.11. The molecule has 0 saturated carbocycles. The first-order valence-electron chi connectivity index (χ1n) is 5.76. The lowest BCUT2D eigenvalue weighted by molar-refractivity contribution is 0.0785. The Hall–Kier alpha value is -1.44. The van der Waals surface area contributed by atoms with Gasteiger partial charge in [-0.25, -0.2) is 4.39 Å². The number of carbonyl (C=O) groups is 1. The first kappa shape index (κ1) is 15.0. The van der Waals surface area contributed by atoms with E-state index in [9.17, 15) is 9.18 Å². The summed E-state index contributed by atoms with van der Waals surface area (Å²) in [5.74, 6) is 4.44. The van der Waals surface area contributed by atoms with Crippen LogP contribution in [0.4, 0.5) is 10.1 Å². The second kappa shape index (κ2) is 6.34. The molecule has 1 amide bonds. The van der Waals surface area contributed by atoms with E-state index in [0.717, 1.165) is 9.35 Å². The maximum Gasteiger partial charge on any atom is 0.256 e. The number of benzene rings is 1. The number of halogens is 2. The fraction of sp³-hybridized carbons (Fsp3) is 0.154. The quantitative estimate of drug-likeness (QED) is 0.652. The molecule has 1 heterocycles. The van der Waals surface area contributed by atoms with Crippen molar-refractivity contribution < 1.29 is 9.18 Å². The van der Waals surface area contributed by atoms with Crippen LogP contribution in [0.1, 0.15) is 15.9 Å². The van der Waals surface area contributed by atoms with E-state index in [-0.39, 0.29) is 17.2 Å². The second-order valence-electron chi connectivity index (χ2n) is 4.23. The molecule has 0 aliphatic rings. The van der Waals surface area contributed by atoms with E-state index < -0.39 is 5.82 Å². The maximum absolute atomic E-state index is 13.6. The van der Waals surface area contributed by atoms with Gasteiger partial charge in [0.15, 0.2) is 0 Å². The summed E-state index contributed by atoms with van der Waals surface area (Å²) in [6.45, 7) is 0.446. The van der Waals surface area contributed by atoms with Gasteiger partial charge in [-0.15, -0.1) is 11.3 Å². The van der Waals surface area contributed by atoms with Crippen LogP contribution in [0, 0.1) is 5.82 Å². The van der Waals surface area contributed by atoms with Crippen molar-refractivity contribution >= 4 is 38.9 Å². The highest BCUT2D eigenvalue weighted by Crippen LogP contribution is 2.23. The number of thiophene rings is 1. The maximum atomic E-state index is 13.6. The molecule has 0 aliphatic carbocycles. The third-order valence-electron chi connectivity index (χ3n) is 2.78. The van der Waals surface area contributed by atoms with Gasteiger partial charge in [-0.1, -0.05) is 6.07 Å². The molecule has 106 valence electrons. The monoisotopic (exact) mass is 357 g/mol. The molecule has 4 nitrogen and oxygen atoms in total. The molecule has 0 saturated heterocycles. The SMILES string of the molecule is CN(Cc1csc(Br)c1)C(=O)c1cccc(F)c1NN. The van der Waals surface area contributed by atoms with Crippen LogP contribution < -0.4 is 11.3 Å². The predicted molar refractivity (Wildman–Crippen MR) is 82.0 cm³/mol. The molecule has 7 heteroatoms. The zero-order valence-electron chi connectivity index (χ0n) is 10.7. The van der Waals surface area contributed by atoms with Crippen LogP contribution in [0.3, 0.4) is 0 Å². The molecule has 0 bridgehead atoms. The molecular formula is C13H13BrFN3OS. The van der Waals surface area contributed by atoms with Crippen LogP contribution in [-0.2, 0) is 6.54 Å². The first-order chi connectivity index (χ1) is 9.52. The Morgan fingerprint density at radius 2 is 2.30 bits per heavy atom. The lowest BCUT2D eigenvalue weighted by atomic mass is 10.1. The molecule has 0 aliphatic heterocycles. The minimum atomic E-state index is -0.551. The van der Waals surface area contributed by atoms with Crippen molar-refractivity contribution in [2.45, 2.75) is 6.54 Å². The molecule has 0 radical (unpaired) electrons. The molecular weight excluding hydrogens is 345 g/mol. The van der Waals surface area contributed by atoms with Crippen LogP contribution >= 0.6 is 27.3 Å². The number of para-hydroxylation sites is 1. The summed E-state index contributed by atoms with van der Waals surface area (Å²) in [5.41, 5.74) is 3.47. The van der Waals surface area contributed by atoms with Crippen molar-refractivity contribution in [2.24, 2.45) is 5.84 Å². The largest absolute Gasteiger partial charge is 0.337 e. The van der Waals surface area contributed by atoms with E-state index >= 15 is 0 Å². The Labute approximate surface area is 128 Å². The summed E-state index contributed by atoms with van der Waals surface area (Å²) in [7, 11) is 1.67. The van der Waals surface area contributed by atoms with Gasteiger partial charge < -0.3 is 10.3 Å². The predicted octanol–water partition coefficient (Wildman–Crippen LogP) is 3.21. The normalized spacial score (nSPS) is 10.4. The molecule has 0 spiro atoms. The summed E-state index contributed by atoms with van der Waals surface area (Å²) < 4.78 is 14.6. The van der Waals surface area contributed by atoms with E-state index in [1.54, 1.807) is 24.5 Å². The van der Waals surface area contributed by atoms with Crippen molar-refractivity contribution in [2.75, 3.05) is 12.5 Å². The number of nitrogen functional groups attached to an aromatic ring is 1. The van der Waals surface area contributed by atoms with E-state index in [1.165, 1.54) is 17.0 Å². The molecule has 3 N–H and O–H groups in total. The zero-order chi connectivity index (χ0) is 14.7. The minimum absolute atomic E-state index is 0.0100. The van der Waals surface area contributed by atoms with Gasteiger partial charge >= 0.3 is 0 Å². The number of hydrogen-bond acceptors (Lipinski definition) is 4. The highest BCUT2D eigenvalue weighted by Gasteiger charge is 2.18. The Morgan fingerprint density at radius 3 is 2.90 bits per heavy atom. The Balaban J connectivity index is 2.20. The van der Waals surface area contributed by atoms with E-state index in [1.807, 2.05) is 11.4 Å². The number of rotatable bonds is 4. The van der Waals surface area contributed by atoms with Crippen molar-refractivity contribution in [3.63, 3.8) is 0 Å². The van der Waals surface area contributed by atoms with Crippen molar-refractivity contribution in [1.82, 2.24) is 4.90 Å². The average Bonchev–Trinajstić information content (AvgIpc) is 2.82. The number of amides is 1. The Bertz CT molecular complexity index is 632. The summed E-state index contributed by atoms with van der Waals surface area (Å²) >= 11 is 4.93.